The van der Waals surface area contributed by atoms with Crippen LogP contribution in [0.2, 0.25) is 0 Å². The number of para-hydroxylation sites is 2. The van der Waals surface area contributed by atoms with Gasteiger partial charge in [0.1, 0.15) is 11.2 Å². The van der Waals surface area contributed by atoms with Crippen LogP contribution in [0.25, 0.3) is 116 Å². The number of fused-ring (bicyclic) bond motifs is 11. The molecule has 5 heteroatoms. The monoisotopic (exact) mass is 784 g/mol. The lowest BCUT2D eigenvalue weighted by molar-refractivity contribution is 0.669. The number of nitrogens with zero attached hydrogens (tertiary/aromatic N) is 4. The van der Waals surface area contributed by atoms with Crippen LogP contribution in [0.4, 0.5) is 0 Å². The van der Waals surface area contributed by atoms with Crippen molar-refractivity contribution in [1.82, 2.24) is 19.5 Å². The topological polar surface area (TPSA) is 56.7 Å². The Morgan fingerprint density at radius 3 is 1.57 bits per heavy atom. The lowest BCUT2D eigenvalue weighted by Crippen LogP contribution is -2.07. The van der Waals surface area contributed by atoms with E-state index in [4.69, 9.17) is 19.4 Å². The molecule has 9 aromatic carbocycles. The van der Waals surface area contributed by atoms with Gasteiger partial charge in [-0.1, -0.05) is 196 Å². The van der Waals surface area contributed by atoms with Crippen LogP contribution in [0, 0.1) is 0 Å². The Labute approximate surface area is 353 Å². The molecular formula is C56H40N4O. The van der Waals surface area contributed by atoms with Gasteiger partial charge in [0.25, 0.3) is 0 Å². The van der Waals surface area contributed by atoms with Gasteiger partial charge in [0, 0.05) is 43.6 Å². The van der Waals surface area contributed by atoms with Gasteiger partial charge in [0.2, 0.25) is 5.95 Å². The summed E-state index contributed by atoms with van der Waals surface area (Å²) in [4.78, 5) is 15.9. The van der Waals surface area contributed by atoms with E-state index in [1.807, 2.05) is 36.4 Å². The Bertz CT molecular complexity index is 3570. The van der Waals surface area contributed by atoms with Crippen LogP contribution in [-0.2, 0) is 0 Å². The molecule has 0 N–H and O–H groups in total. The highest BCUT2D eigenvalue weighted by molar-refractivity contribution is 6.33. The highest BCUT2D eigenvalue weighted by Crippen LogP contribution is 2.45. The first-order chi connectivity index (χ1) is 30.2. The molecule has 12 rings (SSSR count). The molecule has 3 aromatic heterocycles. The quantitative estimate of drug-likeness (QED) is 0.163. The van der Waals surface area contributed by atoms with Gasteiger partial charge >= 0.3 is 0 Å². The minimum absolute atomic E-state index is 0.554. The Hall–Kier alpha value is -7.89. The van der Waals surface area contributed by atoms with Crippen LogP contribution in [-0.4, -0.2) is 19.5 Å². The Morgan fingerprint density at radius 2 is 0.869 bits per heavy atom. The first kappa shape index (κ1) is 36.2. The van der Waals surface area contributed by atoms with Crippen LogP contribution < -0.4 is 0 Å². The zero-order valence-corrected chi connectivity index (χ0v) is 33.9. The predicted octanol–water partition coefficient (Wildman–Crippen LogP) is 15.3. The van der Waals surface area contributed by atoms with Gasteiger partial charge in [-0.25, -0.2) is 4.98 Å². The van der Waals surface area contributed by atoms with Gasteiger partial charge in [0.15, 0.2) is 11.6 Å². The lowest BCUT2D eigenvalue weighted by Gasteiger charge is -2.14. The number of aromatic nitrogens is 4. The van der Waals surface area contributed by atoms with Crippen molar-refractivity contribution < 1.29 is 4.42 Å². The van der Waals surface area contributed by atoms with E-state index in [-0.39, 0.29) is 0 Å². The van der Waals surface area contributed by atoms with Crippen molar-refractivity contribution >= 4 is 65.3 Å². The number of hydrogen-bond acceptors (Lipinski definition) is 4. The smallest absolute Gasteiger partial charge is 0.238 e. The molecule has 0 amide bonds. The summed E-state index contributed by atoms with van der Waals surface area (Å²) in [5.41, 5.74) is 10.1. The summed E-state index contributed by atoms with van der Waals surface area (Å²) in [6.07, 6.45) is 1.25. The average molecular weight is 785 g/mol. The van der Waals surface area contributed by atoms with Crippen molar-refractivity contribution in [3.05, 3.63) is 194 Å². The molecule has 3 heterocycles. The Morgan fingerprint density at radius 1 is 0.377 bits per heavy atom. The third kappa shape index (κ3) is 6.13. The minimum Gasteiger partial charge on any atom is -0.456 e. The fourth-order valence-corrected chi connectivity index (χ4v) is 8.80. The maximum Gasteiger partial charge on any atom is 0.238 e. The molecule has 0 radical (unpaired) electrons. The van der Waals surface area contributed by atoms with Crippen molar-refractivity contribution in [2.75, 3.05) is 0 Å². The van der Waals surface area contributed by atoms with E-state index in [0.717, 1.165) is 82.5 Å². The summed E-state index contributed by atoms with van der Waals surface area (Å²) < 4.78 is 8.57. The van der Waals surface area contributed by atoms with Crippen molar-refractivity contribution in [1.29, 1.82) is 0 Å². The molecule has 0 aliphatic rings. The second-order valence-electron chi connectivity index (χ2n) is 15.5. The highest BCUT2D eigenvalue weighted by Gasteiger charge is 2.24. The predicted molar refractivity (Wildman–Crippen MR) is 254 cm³/mol. The standard InChI is InChI=1S/C53H32N4O.C3H8/c1-3-14-33(15-4-1)34-26-28-36(29-27-34)52-54-51(35-16-5-2-6-17-35)55-53(56-52)57-49-38(37-30-31-47-45(32-37)41-20-11-12-25-46(41)58-47)23-13-24-44(49)48-42-21-9-7-18-39(42)40-19-8-10-22-43(40)50(48)57;1-3-2/h1-32H;3H2,1-2H3. The third-order valence-corrected chi connectivity index (χ3v) is 11.5. The van der Waals surface area contributed by atoms with Gasteiger partial charge in [0.05, 0.1) is 11.0 Å². The van der Waals surface area contributed by atoms with E-state index >= 15 is 0 Å². The van der Waals surface area contributed by atoms with Gasteiger partial charge in [-0.3, -0.25) is 4.57 Å². The fourth-order valence-electron chi connectivity index (χ4n) is 8.80. The average Bonchev–Trinajstić information content (AvgIpc) is 3.89. The minimum atomic E-state index is 0.554. The molecular weight excluding hydrogens is 745 g/mol. The molecule has 12 aromatic rings. The number of benzene rings is 9. The van der Waals surface area contributed by atoms with Crippen LogP contribution >= 0.6 is 0 Å². The molecule has 0 atom stereocenters. The first-order valence-electron chi connectivity index (χ1n) is 20.9. The third-order valence-electron chi connectivity index (χ3n) is 11.5. The molecule has 5 nitrogen and oxygen atoms in total. The summed E-state index contributed by atoms with van der Waals surface area (Å²) in [5, 5.41) is 9.16. The van der Waals surface area contributed by atoms with Gasteiger partial charge in [-0.2, -0.15) is 9.97 Å². The summed E-state index contributed by atoms with van der Waals surface area (Å²) in [7, 11) is 0. The van der Waals surface area contributed by atoms with Gasteiger partial charge < -0.3 is 4.42 Å². The summed E-state index contributed by atoms with van der Waals surface area (Å²) >= 11 is 0. The van der Waals surface area contributed by atoms with Gasteiger partial charge in [-0.05, 0) is 51.0 Å². The van der Waals surface area contributed by atoms with Gasteiger partial charge in [-0.15, -0.1) is 0 Å². The summed E-state index contributed by atoms with van der Waals surface area (Å²) in [6, 6.07) is 68.0. The summed E-state index contributed by atoms with van der Waals surface area (Å²) in [6.45, 7) is 4.25. The normalized spacial score (nSPS) is 11.5. The van der Waals surface area contributed by atoms with E-state index in [0.29, 0.717) is 17.6 Å². The van der Waals surface area contributed by atoms with Crippen LogP contribution in [0.1, 0.15) is 20.3 Å². The van der Waals surface area contributed by atoms with Crippen molar-refractivity contribution in [3.63, 3.8) is 0 Å². The van der Waals surface area contributed by atoms with E-state index in [9.17, 15) is 0 Å². The van der Waals surface area contributed by atoms with Crippen molar-refractivity contribution in [3.8, 4) is 51.0 Å². The number of furan rings is 1. The van der Waals surface area contributed by atoms with Crippen molar-refractivity contribution in [2.24, 2.45) is 0 Å². The number of hydrogen-bond donors (Lipinski definition) is 0. The van der Waals surface area contributed by atoms with Crippen LogP contribution in [0.15, 0.2) is 199 Å². The molecule has 0 aliphatic heterocycles. The fraction of sp³-hybridized carbons (Fsp3) is 0.0536. The summed E-state index contributed by atoms with van der Waals surface area (Å²) in [5.74, 6) is 1.77. The van der Waals surface area contributed by atoms with E-state index in [1.165, 1.54) is 22.6 Å². The highest BCUT2D eigenvalue weighted by atomic mass is 16.3. The lowest BCUT2D eigenvalue weighted by atomic mass is 9.95. The largest absolute Gasteiger partial charge is 0.456 e. The Balaban J connectivity index is 0.00000136. The molecule has 0 spiro atoms. The van der Waals surface area contributed by atoms with E-state index in [1.54, 1.807) is 0 Å². The molecule has 0 unspecified atom stereocenters. The van der Waals surface area contributed by atoms with Crippen LogP contribution in [0.5, 0.6) is 0 Å². The zero-order valence-electron chi connectivity index (χ0n) is 33.9. The van der Waals surface area contributed by atoms with E-state index in [2.05, 4.69) is 176 Å². The number of rotatable bonds is 5. The van der Waals surface area contributed by atoms with E-state index < -0.39 is 0 Å². The Kier molecular flexibility index (Phi) is 8.93. The zero-order chi connectivity index (χ0) is 40.9. The second-order valence-corrected chi connectivity index (χ2v) is 15.5. The SMILES string of the molecule is CCC.c1ccc(-c2ccc(-c3nc(-c4ccccc4)nc(-n4c5c(-c6ccc7oc8ccccc8c7c6)cccc5c5c6ccccc6c6ccccc6c54)n3)cc2)cc1. The second kappa shape index (κ2) is 15.0. The molecule has 0 saturated carbocycles. The molecule has 61 heavy (non-hydrogen) atoms. The molecule has 0 fully saturated rings. The van der Waals surface area contributed by atoms with Crippen molar-refractivity contribution in [2.45, 2.75) is 20.3 Å². The first-order valence-corrected chi connectivity index (χ1v) is 20.9. The molecule has 0 saturated heterocycles. The maximum atomic E-state index is 6.28. The molecule has 0 bridgehead atoms. The van der Waals surface area contributed by atoms with Crippen LogP contribution in [0.3, 0.4) is 0 Å². The molecule has 0 aliphatic carbocycles. The molecule has 290 valence electrons. The maximum absolute atomic E-state index is 6.28.